The molecule has 47 heavy (non-hydrogen) atoms. The van der Waals surface area contributed by atoms with Crippen molar-refractivity contribution in [1.82, 2.24) is 40.6 Å². The maximum absolute atomic E-state index is 13.4. The number of hydrogen-bond donors (Lipinski definition) is 4. The number of anilines is 1. The molecule has 0 saturated carbocycles. The SMILES string of the molecule is CC(C)C(=O)N1CCCC(C[C@H](NC(=O)C=Cc2cc(Cl)ccc2-n2cnnn2)c2cc(-c3ccc(NC(=O)O)cc3)c(=O)[nH]n2)C1. The lowest BCUT2D eigenvalue weighted by molar-refractivity contribution is -0.136. The summed E-state index contributed by atoms with van der Waals surface area (Å²) in [5.41, 5.74) is 2.41. The highest BCUT2D eigenvalue weighted by Crippen LogP contribution is 2.29. The van der Waals surface area contributed by atoms with Crippen LogP contribution in [0.2, 0.25) is 5.02 Å². The van der Waals surface area contributed by atoms with Crippen molar-refractivity contribution >= 4 is 41.3 Å². The van der Waals surface area contributed by atoms with Crippen LogP contribution in [0.1, 0.15) is 50.4 Å². The Balaban J connectivity index is 1.43. The number of carboxylic acid groups (broad SMARTS) is 1. The molecule has 3 heterocycles. The van der Waals surface area contributed by atoms with E-state index < -0.39 is 23.6 Å². The molecule has 1 aliphatic rings. The molecule has 0 radical (unpaired) electrons. The van der Waals surface area contributed by atoms with E-state index in [2.05, 4.69) is 36.4 Å². The van der Waals surface area contributed by atoms with Crippen LogP contribution in [0.25, 0.3) is 22.9 Å². The Labute approximate surface area is 274 Å². The molecular formula is C32H34ClN9O5. The van der Waals surface area contributed by atoms with Crippen molar-refractivity contribution in [3.63, 3.8) is 0 Å². The van der Waals surface area contributed by atoms with E-state index in [1.54, 1.807) is 54.6 Å². The average Bonchev–Trinajstić information content (AvgIpc) is 3.59. The van der Waals surface area contributed by atoms with Gasteiger partial charge in [0.05, 0.1) is 23.0 Å². The first-order valence-electron chi connectivity index (χ1n) is 15.1. The Bertz CT molecular complexity index is 1820. The lowest BCUT2D eigenvalue weighted by atomic mass is 9.89. The van der Waals surface area contributed by atoms with E-state index in [-0.39, 0.29) is 17.7 Å². The van der Waals surface area contributed by atoms with Gasteiger partial charge in [-0.2, -0.15) is 9.78 Å². The van der Waals surface area contributed by atoms with E-state index in [0.717, 1.165) is 12.8 Å². The van der Waals surface area contributed by atoms with Gasteiger partial charge in [0.15, 0.2) is 0 Å². The van der Waals surface area contributed by atoms with Gasteiger partial charge in [0.1, 0.15) is 6.33 Å². The number of aromatic amines is 1. The Hall–Kier alpha value is -5.37. The van der Waals surface area contributed by atoms with Crippen LogP contribution < -0.4 is 16.2 Å². The standard InChI is InChI=1S/C32H34ClN9O5/c1-19(2)31(45)41-13-3-4-20(17-41)14-26(27-16-25(30(44)38-37-27)21-5-9-24(10-6-21)35-32(46)47)36-29(43)12-7-22-15-23(33)8-11-28(22)42-18-34-39-40-42/h5-12,15-16,18-20,26,35H,3-4,13-14,17H2,1-2H3,(H,36,43)(H,38,44)(H,46,47)/t20?,26-/m0/s1. The minimum Gasteiger partial charge on any atom is -0.465 e. The number of nitrogens with one attached hydrogen (secondary N) is 3. The van der Waals surface area contributed by atoms with Gasteiger partial charge in [-0.3, -0.25) is 19.7 Å². The molecule has 1 saturated heterocycles. The first-order valence-corrected chi connectivity index (χ1v) is 15.5. The number of carbonyl (C=O) groups excluding carboxylic acids is 2. The third-order valence-electron chi connectivity index (χ3n) is 7.84. The first-order chi connectivity index (χ1) is 22.6. The molecule has 4 aromatic rings. The number of halogens is 1. The summed E-state index contributed by atoms with van der Waals surface area (Å²) in [6.07, 6.45) is 5.38. The number of rotatable bonds is 10. The monoisotopic (exact) mass is 659 g/mol. The van der Waals surface area contributed by atoms with Crippen molar-refractivity contribution in [3.05, 3.63) is 87.6 Å². The summed E-state index contributed by atoms with van der Waals surface area (Å²) in [6.45, 7) is 4.99. The van der Waals surface area contributed by atoms with E-state index in [1.165, 1.54) is 17.1 Å². The molecule has 244 valence electrons. The lowest BCUT2D eigenvalue weighted by Gasteiger charge is -2.35. The van der Waals surface area contributed by atoms with Crippen LogP contribution in [0.5, 0.6) is 0 Å². The van der Waals surface area contributed by atoms with Crippen LogP contribution >= 0.6 is 11.6 Å². The number of aromatic nitrogens is 6. The van der Waals surface area contributed by atoms with Gasteiger partial charge in [-0.25, -0.2) is 9.89 Å². The number of H-pyrrole nitrogens is 1. The second kappa shape index (κ2) is 14.8. The van der Waals surface area contributed by atoms with E-state index in [1.807, 2.05) is 18.7 Å². The molecule has 0 aliphatic carbocycles. The predicted molar refractivity (Wildman–Crippen MR) is 175 cm³/mol. The van der Waals surface area contributed by atoms with Gasteiger partial charge in [0, 0.05) is 41.4 Å². The van der Waals surface area contributed by atoms with Gasteiger partial charge in [0.2, 0.25) is 11.8 Å². The summed E-state index contributed by atoms with van der Waals surface area (Å²) in [6, 6.07) is 12.5. The van der Waals surface area contributed by atoms with Crippen molar-refractivity contribution in [2.75, 3.05) is 18.4 Å². The normalized spacial score (nSPS) is 15.5. The number of piperidine rings is 1. The first kappa shape index (κ1) is 33.0. The second-order valence-corrected chi connectivity index (χ2v) is 12.0. The van der Waals surface area contributed by atoms with Crippen LogP contribution in [0, 0.1) is 11.8 Å². The van der Waals surface area contributed by atoms with Gasteiger partial charge in [-0.05, 0) is 83.6 Å². The number of benzene rings is 2. The molecular weight excluding hydrogens is 626 g/mol. The van der Waals surface area contributed by atoms with Crippen LogP contribution in [-0.4, -0.2) is 71.4 Å². The molecule has 2 atom stereocenters. The molecule has 1 aliphatic heterocycles. The smallest absolute Gasteiger partial charge is 0.409 e. The van der Waals surface area contributed by atoms with Crippen molar-refractivity contribution < 1.29 is 19.5 Å². The highest BCUT2D eigenvalue weighted by Gasteiger charge is 2.29. The number of likely N-dealkylation sites (tertiary alicyclic amines) is 1. The molecule has 5 rings (SSSR count). The fourth-order valence-electron chi connectivity index (χ4n) is 5.60. The molecule has 2 aromatic heterocycles. The molecule has 0 spiro atoms. The third-order valence-corrected chi connectivity index (χ3v) is 8.07. The Kier molecular flexibility index (Phi) is 10.4. The van der Waals surface area contributed by atoms with Crippen LogP contribution in [0.4, 0.5) is 10.5 Å². The van der Waals surface area contributed by atoms with E-state index in [4.69, 9.17) is 16.7 Å². The number of nitrogens with zero attached hydrogens (tertiary/aromatic N) is 6. The number of tetrazole rings is 1. The van der Waals surface area contributed by atoms with Crippen molar-refractivity contribution in [1.29, 1.82) is 0 Å². The van der Waals surface area contributed by atoms with Crippen LogP contribution in [-0.2, 0) is 9.59 Å². The predicted octanol–water partition coefficient (Wildman–Crippen LogP) is 4.31. The third kappa shape index (κ3) is 8.47. The molecule has 15 heteroatoms. The molecule has 1 unspecified atom stereocenters. The van der Waals surface area contributed by atoms with E-state index in [9.17, 15) is 19.2 Å². The van der Waals surface area contributed by atoms with Gasteiger partial charge < -0.3 is 15.3 Å². The largest absolute Gasteiger partial charge is 0.465 e. The number of amides is 3. The summed E-state index contributed by atoms with van der Waals surface area (Å²) in [4.78, 5) is 52.0. The molecule has 3 amide bonds. The summed E-state index contributed by atoms with van der Waals surface area (Å²) in [5.74, 6) is -0.385. The Morgan fingerprint density at radius 2 is 1.94 bits per heavy atom. The van der Waals surface area contributed by atoms with Crippen LogP contribution in [0.15, 0.2) is 65.7 Å². The summed E-state index contributed by atoms with van der Waals surface area (Å²) in [5, 5.41) is 32.9. The maximum atomic E-state index is 13.4. The highest BCUT2D eigenvalue weighted by atomic mass is 35.5. The minimum atomic E-state index is -1.20. The minimum absolute atomic E-state index is 0.0682. The lowest BCUT2D eigenvalue weighted by Crippen LogP contribution is -2.43. The van der Waals surface area contributed by atoms with Crippen molar-refractivity contribution in [2.24, 2.45) is 11.8 Å². The molecule has 1 fully saturated rings. The zero-order valence-electron chi connectivity index (χ0n) is 25.8. The Morgan fingerprint density at radius 3 is 2.64 bits per heavy atom. The van der Waals surface area contributed by atoms with E-state index in [0.29, 0.717) is 58.3 Å². The van der Waals surface area contributed by atoms with E-state index >= 15 is 0 Å². The van der Waals surface area contributed by atoms with Crippen LogP contribution in [0.3, 0.4) is 0 Å². The fourth-order valence-corrected chi connectivity index (χ4v) is 5.79. The number of hydrogen-bond acceptors (Lipinski definition) is 8. The molecule has 14 nitrogen and oxygen atoms in total. The second-order valence-electron chi connectivity index (χ2n) is 11.6. The fraction of sp³-hybridized carbons (Fsp3) is 0.312. The summed E-state index contributed by atoms with van der Waals surface area (Å²) in [7, 11) is 0. The topological polar surface area (TPSA) is 188 Å². The molecule has 2 aromatic carbocycles. The van der Waals surface area contributed by atoms with Gasteiger partial charge in [0.25, 0.3) is 5.56 Å². The molecule has 4 N–H and O–H groups in total. The molecule has 0 bridgehead atoms. The maximum Gasteiger partial charge on any atom is 0.409 e. The summed E-state index contributed by atoms with van der Waals surface area (Å²) < 4.78 is 1.46. The summed E-state index contributed by atoms with van der Waals surface area (Å²) >= 11 is 6.24. The van der Waals surface area contributed by atoms with Gasteiger partial charge in [-0.1, -0.05) is 37.6 Å². The number of carbonyl (C=O) groups is 3. The highest BCUT2D eigenvalue weighted by molar-refractivity contribution is 6.30. The Morgan fingerprint density at radius 1 is 1.15 bits per heavy atom. The van der Waals surface area contributed by atoms with Gasteiger partial charge >= 0.3 is 6.09 Å². The zero-order valence-corrected chi connectivity index (χ0v) is 26.5. The van der Waals surface area contributed by atoms with Gasteiger partial charge in [-0.15, -0.1) is 5.10 Å². The van der Waals surface area contributed by atoms with Crippen molar-refractivity contribution in [2.45, 2.75) is 39.2 Å². The van der Waals surface area contributed by atoms with Crippen molar-refractivity contribution in [3.8, 4) is 16.8 Å². The quantitative estimate of drug-likeness (QED) is 0.180. The average molecular weight is 660 g/mol. The zero-order chi connectivity index (χ0) is 33.5.